The standard InChI is InChI=1S/C24H34N6O/c1-16-20(15-29(2)28-16)21-4-6-23(27-26-21)25-13-18-12-24(18)7-9-30(10-8-24)14-17-11-19-3-5-22(17)31-19/h4,6,15,17-19,22H,3,5,7-14H2,1-2H3,(H,25,27)/t17-,18?,19+,22-/m1/s1. The van der Waals surface area contributed by atoms with Crippen molar-refractivity contribution in [2.45, 2.75) is 57.7 Å². The Bertz CT molecular complexity index is 932. The molecule has 1 N–H and O–H groups in total. The van der Waals surface area contributed by atoms with E-state index in [0.717, 1.165) is 41.1 Å². The predicted octanol–water partition coefficient (Wildman–Crippen LogP) is 3.27. The lowest BCUT2D eigenvalue weighted by Crippen LogP contribution is -2.40. The van der Waals surface area contributed by atoms with E-state index in [9.17, 15) is 0 Å². The first-order chi connectivity index (χ1) is 15.1. The van der Waals surface area contributed by atoms with Crippen LogP contribution in [-0.2, 0) is 11.8 Å². The maximum absolute atomic E-state index is 6.06. The molecule has 1 saturated carbocycles. The van der Waals surface area contributed by atoms with E-state index in [1.807, 2.05) is 37.0 Å². The van der Waals surface area contributed by atoms with Crippen molar-refractivity contribution < 1.29 is 4.74 Å². The van der Waals surface area contributed by atoms with Crippen LogP contribution in [0.1, 0.15) is 44.2 Å². The second-order valence-corrected chi connectivity index (χ2v) is 10.4. The number of aromatic nitrogens is 4. The van der Waals surface area contributed by atoms with Gasteiger partial charge >= 0.3 is 0 Å². The van der Waals surface area contributed by atoms with Gasteiger partial charge in [0, 0.05) is 37.8 Å². The highest BCUT2D eigenvalue weighted by atomic mass is 16.5. The third-order valence-corrected chi connectivity index (χ3v) is 8.42. The molecule has 4 aliphatic rings. The lowest BCUT2D eigenvalue weighted by molar-refractivity contribution is 0.0761. The molecule has 6 rings (SSSR count). The molecule has 1 aliphatic carbocycles. The molecule has 166 valence electrons. The van der Waals surface area contributed by atoms with Crippen LogP contribution in [0.2, 0.25) is 0 Å². The summed E-state index contributed by atoms with van der Waals surface area (Å²) >= 11 is 0. The van der Waals surface area contributed by atoms with E-state index in [1.54, 1.807) is 0 Å². The van der Waals surface area contributed by atoms with Gasteiger partial charge in [0.2, 0.25) is 0 Å². The molecule has 1 unspecified atom stereocenters. The van der Waals surface area contributed by atoms with Crippen molar-refractivity contribution in [1.29, 1.82) is 0 Å². The van der Waals surface area contributed by atoms with Gasteiger partial charge in [0.25, 0.3) is 0 Å². The SMILES string of the molecule is Cc1nn(C)cc1-c1ccc(NCC2CC23CCN(C[C@H]2C[C@@H]4CC[C@H]2O4)CC3)nn1. The van der Waals surface area contributed by atoms with Crippen LogP contribution in [0.15, 0.2) is 18.3 Å². The van der Waals surface area contributed by atoms with Gasteiger partial charge in [-0.1, -0.05) is 0 Å². The molecule has 2 bridgehead atoms. The van der Waals surface area contributed by atoms with Crippen molar-refractivity contribution in [2.75, 3.05) is 31.5 Å². The molecule has 4 atom stereocenters. The van der Waals surface area contributed by atoms with Gasteiger partial charge in [0.1, 0.15) is 5.82 Å². The molecule has 31 heavy (non-hydrogen) atoms. The number of hydrogen-bond donors (Lipinski definition) is 1. The molecule has 7 nitrogen and oxygen atoms in total. The van der Waals surface area contributed by atoms with Gasteiger partial charge in [0.15, 0.2) is 0 Å². The van der Waals surface area contributed by atoms with E-state index in [4.69, 9.17) is 4.74 Å². The number of anilines is 1. The molecule has 3 saturated heterocycles. The average Bonchev–Trinajstić information content (AvgIpc) is 3.11. The molecule has 7 heteroatoms. The van der Waals surface area contributed by atoms with Crippen molar-refractivity contribution in [3.8, 4) is 11.3 Å². The van der Waals surface area contributed by atoms with Crippen LogP contribution in [0.4, 0.5) is 5.82 Å². The van der Waals surface area contributed by atoms with E-state index in [2.05, 4.69) is 25.5 Å². The zero-order valence-electron chi connectivity index (χ0n) is 18.8. The second kappa shape index (κ2) is 7.55. The van der Waals surface area contributed by atoms with Gasteiger partial charge in [-0.3, -0.25) is 4.68 Å². The molecule has 4 fully saturated rings. The molecule has 3 aliphatic heterocycles. The summed E-state index contributed by atoms with van der Waals surface area (Å²) in [5, 5.41) is 16.8. The van der Waals surface area contributed by atoms with Crippen molar-refractivity contribution in [2.24, 2.45) is 24.3 Å². The van der Waals surface area contributed by atoms with E-state index >= 15 is 0 Å². The monoisotopic (exact) mass is 422 g/mol. The summed E-state index contributed by atoms with van der Waals surface area (Å²) in [7, 11) is 1.93. The highest BCUT2D eigenvalue weighted by molar-refractivity contribution is 5.61. The molecule has 0 aromatic carbocycles. The van der Waals surface area contributed by atoms with Gasteiger partial charge in [-0.25, -0.2) is 0 Å². The second-order valence-electron chi connectivity index (χ2n) is 10.4. The fourth-order valence-corrected chi connectivity index (χ4v) is 6.43. The zero-order chi connectivity index (χ0) is 21.0. The highest BCUT2D eigenvalue weighted by Gasteiger charge is 2.54. The number of piperidine rings is 1. The number of rotatable bonds is 6. The Morgan fingerprint density at radius 2 is 2.06 bits per heavy atom. The summed E-state index contributed by atoms with van der Waals surface area (Å²) < 4.78 is 7.88. The van der Waals surface area contributed by atoms with E-state index in [-0.39, 0.29) is 0 Å². The van der Waals surface area contributed by atoms with Gasteiger partial charge in [-0.2, -0.15) is 5.10 Å². The van der Waals surface area contributed by atoms with Crippen molar-refractivity contribution in [3.63, 3.8) is 0 Å². The van der Waals surface area contributed by atoms with Gasteiger partial charge in [-0.15, -0.1) is 10.2 Å². The van der Waals surface area contributed by atoms with Crippen molar-refractivity contribution >= 4 is 5.82 Å². The van der Waals surface area contributed by atoms with Gasteiger partial charge in [-0.05, 0) is 82.0 Å². The zero-order valence-corrected chi connectivity index (χ0v) is 18.8. The van der Waals surface area contributed by atoms with Crippen LogP contribution in [0.25, 0.3) is 11.3 Å². The number of likely N-dealkylation sites (tertiary alicyclic amines) is 1. The molecule has 0 radical (unpaired) electrons. The normalized spacial score (nSPS) is 31.4. The Labute approximate surface area is 184 Å². The number of ether oxygens (including phenoxy) is 1. The highest BCUT2D eigenvalue weighted by Crippen LogP contribution is 2.59. The van der Waals surface area contributed by atoms with E-state index in [1.165, 1.54) is 58.2 Å². The van der Waals surface area contributed by atoms with Crippen molar-refractivity contribution in [1.82, 2.24) is 24.9 Å². The summed E-state index contributed by atoms with van der Waals surface area (Å²) in [5.41, 5.74) is 3.49. The first kappa shape index (κ1) is 19.7. The van der Waals surface area contributed by atoms with Crippen LogP contribution in [-0.4, -0.2) is 63.3 Å². The Morgan fingerprint density at radius 3 is 2.71 bits per heavy atom. The van der Waals surface area contributed by atoms with Gasteiger partial charge in [0.05, 0.1) is 23.6 Å². The Hall–Kier alpha value is -1.99. The summed E-state index contributed by atoms with van der Waals surface area (Å²) in [6.45, 7) is 6.82. The van der Waals surface area contributed by atoms with E-state index < -0.39 is 0 Å². The summed E-state index contributed by atoms with van der Waals surface area (Å²) in [6, 6.07) is 4.09. The van der Waals surface area contributed by atoms with Crippen LogP contribution in [0.5, 0.6) is 0 Å². The molecule has 5 heterocycles. The lowest BCUT2D eigenvalue weighted by Gasteiger charge is -2.35. The topological polar surface area (TPSA) is 68.1 Å². The minimum Gasteiger partial charge on any atom is -0.375 e. The molecular weight excluding hydrogens is 388 g/mol. The smallest absolute Gasteiger partial charge is 0.148 e. The predicted molar refractivity (Wildman–Crippen MR) is 120 cm³/mol. The lowest BCUT2D eigenvalue weighted by atomic mass is 9.86. The first-order valence-electron chi connectivity index (χ1n) is 12.0. The number of nitrogens with one attached hydrogen (secondary N) is 1. The summed E-state index contributed by atoms with van der Waals surface area (Å²) in [5.74, 6) is 2.45. The minimum atomic E-state index is 0.563. The number of hydrogen-bond acceptors (Lipinski definition) is 6. The number of fused-ring (bicyclic) bond motifs is 2. The molecule has 2 aromatic rings. The van der Waals surface area contributed by atoms with E-state index in [0.29, 0.717) is 17.6 Å². The summed E-state index contributed by atoms with van der Waals surface area (Å²) in [4.78, 5) is 2.72. The van der Waals surface area contributed by atoms with Crippen LogP contribution in [0, 0.1) is 24.2 Å². The average molecular weight is 423 g/mol. The first-order valence-corrected chi connectivity index (χ1v) is 12.0. The number of nitrogens with zero attached hydrogens (tertiary/aromatic N) is 5. The Morgan fingerprint density at radius 1 is 1.19 bits per heavy atom. The fraction of sp³-hybridized carbons (Fsp3) is 0.708. The fourth-order valence-electron chi connectivity index (χ4n) is 6.43. The quantitative estimate of drug-likeness (QED) is 0.771. The maximum atomic E-state index is 6.06. The third kappa shape index (κ3) is 3.76. The van der Waals surface area contributed by atoms with Crippen LogP contribution < -0.4 is 5.32 Å². The molecule has 0 amide bonds. The largest absolute Gasteiger partial charge is 0.375 e. The Balaban J connectivity index is 0.973. The molecule has 2 aromatic heterocycles. The summed E-state index contributed by atoms with van der Waals surface area (Å²) in [6.07, 6.45) is 11.1. The van der Waals surface area contributed by atoms with Crippen molar-refractivity contribution in [3.05, 3.63) is 24.0 Å². The third-order valence-electron chi connectivity index (χ3n) is 8.42. The number of aryl methyl sites for hydroxylation is 2. The Kier molecular flexibility index (Phi) is 4.79. The van der Waals surface area contributed by atoms with Crippen LogP contribution >= 0.6 is 0 Å². The minimum absolute atomic E-state index is 0.563. The van der Waals surface area contributed by atoms with Gasteiger partial charge < -0.3 is 15.0 Å². The molecule has 1 spiro atoms. The molecular formula is C24H34N6O. The maximum Gasteiger partial charge on any atom is 0.148 e. The van der Waals surface area contributed by atoms with Crippen LogP contribution in [0.3, 0.4) is 0 Å².